The van der Waals surface area contributed by atoms with Gasteiger partial charge in [-0.05, 0) is 36.8 Å². The van der Waals surface area contributed by atoms with Crippen LogP contribution in [-0.2, 0) is 5.72 Å². The van der Waals surface area contributed by atoms with E-state index in [4.69, 9.17) is 4.74 Å². The van der Waals surface area contributed by atoms with Gasteiger partial charge < -0.3 is 9.84 Å². The number of amides is 1. The van der Waals surface area contributed by atoms with Gasteiger partial charge in [-0.1, -0.05) is 42.5 Å². The van der Waals surface area contributed by atoms with E-state index in [1.165, 1.54) is 4.90 Å². The van der Waals surface area contributed by atoms with E-state index in [-0.39, 0.29) is 5.91 Å². The molecule has 0 fully saturated rings. The van der Waals surface area contributed by atoms with E-state index in [2.05, 4.69) is 4.98 Å². The summed E-state index contributed by atoms with van der Waals surface area (Å²) in [4.78, 5) is 19.1. The molecule has 1 N–H and O–H groups in total. The Balaban J connectivity index is 1.89. The lowest BCUT2D eigenvalue weighted by atomic mass is 9.96. The molecule has 3 aromatic rings. The Morgan fingerprint density at radius 2 is 1.85 bits per heavy atom. The van der Waals surface area contributed by atoms with E-state index >= 15 is 0 Å². The van der Waals surface area contributed by atoms with Crippen LogP contribution in [0.3, 0.4) is 0 Å². The molecule has 1 aliphatic heterocycles. The van der Waals surface area contributed by atoms with Crippen LogP contribution in [0.1, 0.15) is 40.1 Å². The molecule has 0 aliphatic carbocycles. The van der Waals surface area contributed by atoms with Crippen molar-refractivity contribution < 1.29 is 14.6 Å². The maximum absolute atomic E-state index is 13.2. The van der Waals surface area contributed by atoms with Gasteiger partial charge in [0.1, 0.15) is 11.4 Å². The summed E-state index contributed by atoms with van der Waals surface area (Å²) in [6.07, 6.45) is 1.60. The van der Waals surface area contributed by atoms with Gasteiger partial charge in [0.2, 0.25) is 5.72 Å². The van der Waals surface area contributed by atoms with Crippen LogP contribution in [0, 0.1) is 0 Å². The monoisotopic (exact) mass is 360 g/mol. The molecule has 2 atom stereocenters. The normalized spacial score (nSPS) is 19.7. The molecule has 2 unspecified atom stereocenters. The van der Waals surface area contributed by atoms with Crippen molar-refractivity contribution in [3.8, 4) is 5.75 Å². The van der Waals surface area contributed by atoms with E-state index < -0.39 is 11.8 Å². The summed E-state index contributed by atoms with van der Waals surface area (Å²) in [5, 5.41) is 11.8. The zero-order valence-electron chi connectivity index (χ0n) is 15.2. The smallest absolute Gasteiger partial charge is 0.259 e. The molecule has 0 bridgehead atoms. The molecule has 0 saturated carbocycles. The van der Waals surface area contributed by atoms with E-state index in [1.54, 1.807) is 25.4 Å². The third kappa shape index (κ3) is 2.59. The van der Waals surface area contributed by atoms with Gasteiger partial charge >= 0.3 is 0 Å². The number of methoxy groups -OCH3 is 1. The highest BCUT2D eigenvalue weighted by Crippen LogP contribution is 2.45. The van der Waals surface area contributed by atoms with E-state index in [9.17, 15) is 9.90 Å². The van der Waals surface area contributed by atoms with Gasteiger partial charge in [-0.15, -0.1) is 0 Å². The minimum atomic E-state index is -1.64. The molecular formula is C22H20N2O3. The second-order valence-corrected chi connectivity index (χ2v) is 6.57. The summed E-state index contributed by atoms with van der Waals surface area (Å²) >= 11 is 0. The number of aliphatic hydroxyl groups is 1. The molecule has 5 heteroatoms. The Bertz CT molecular complexity index is 990. The molecule has 0 radical (unpaired) electrons. The van der Waals surface area contributed by atoms with Crippen molar-refractivity contribution in [2.45, 2.75) is 18.7 Å². The molecule has 1 amide bonds. The standard InChI is InChI=1S/C22H20N2O3/c1-15(16-8-6-11-18(14-16)27-2)24-21(25)19-12-7-13-23-20(19)22(24,26)17-9-4-3-5-10-17/h3-15,26H,1-2H3. The van der Waals surface area contributed by atoms with Crippen LogP contribution in [0.5, 0.6) is 5.75 Å². The van der Waals surface area contributed by atoms with Gasteiger partial charge in [0.15, 0.2) is 0 Å². The fourth-order valence-corrected chi connectivity index (χ4v) is 3.70. The SMILES string of the molecule is COc1cccc(C(C)N2C(=O)c3cccnc3C2(O)c2ccccc2)c1. The molecule has 0 saturated heterocycles. The number of pyridine rings is 1. The van der Waals surface area contributed by atoms with E-state index in [0.717, 1.165) is 5.56 Å². The van der Waals surface area contributed by atoms with Crippen LogP contribution in [0.15, 0.2) is 72.9 Å². The van der Waals surface area contributed by atoms with Crippen molar-refractivity contribution in [3.63, 3.8) is 0 Å². The van der Waals surface area contributed by atoms with Crippen molar-refractivity contribution in [1.29, 1.82) is 0 Å². The lowest BCUT2D eigenvalue weighted by Crippen LogP contribution is -2.46. The molecule has 136 valence electrons. The zero-order chi connectivity index (χ0) is 19.0. The zero-order valence-corrected chi connectivity index (χ0v) is 15.2. The second kappa shape index (κ2) is 6.52. The van der Waals surface area contributed by atoms with Gasteiger partial charge in [-0.25, -0.2) is 0 Å². The molecule has 4 rings (SSSR count). The number of rotatable bonds is 4. The molecule has 1 aliphatic rings. The quantitative estimate of drug-likeness (QED) is 0.773. The number of carbonyl (C=O) groups excluding carboxylic acids is 1. The van der Waals surface area contributed by atoms with Gasteiger partial charge in [-0.2, -0.15) is 0 Å². The number of ether oxygens (including phenoxy) is 1. The largest absolute Gasteiger partial charge is 0.497 e. The van der Waals surface area contributed by atoms with Crippen molar-refractivity contribution >= 4 is 5.91 Å². The first kappa shape index (κ1) is 17.2. The van der Waals surface area contributed by atoms with Crippen molar-refractivity contribution in [2.24, 2.45) is 0 Å². The Morgan fingerprint density at radius 3 is 2.59 bits per heavy atom. The topological polar surface area (TPSA) is 62.7 Å². The first-order valence-electron chi connectivity index (χ1n) is 8.78. The second-order valence-electron chi connectivity index (χ2n) is 6.57. The lowest BCUT2D eigenvalue weighted by molar-refractivity contribution is -0.0703. The van der Waals surface area contributed by atoms with Crippen LogP contribution in [0.2, 0.25) is 0 Å². The van der Waals surface area contributed by atoms with Gasteiger partial charge in [0, 0.05) is 11.8 Å². The van der Waals surface area contributed by atoms with Crippen molar-refractivity contribution in [1.82, 2.24) is 9.88 Å². The van der Waals surface area contributed by atoms with E-state index in [0.29, 0.717) is 22.6 Å². The lowest BCUT2D eigenvalue weighted by Gasteiger charge is -2.38. The highest BCUT2D eigenvalue weighted by atomic mass is 16.5. The fraction of sp³-hybridized carbons (Fsp3) is 0.182. The van der Waals surface area contributed by atoms with Crippen LogP contribution in [0.25, 0.3) is 0 Å². The fourth-order valence-electron chi connectivity index (χ4n) is 3.70. The van der Waals surface area contributed by atoms with Gasteiger partial charge in [0.05, 0.1) is 18.7 Å². The maximum atomic E-state index is 13.2. The highest BCUT2D eigenvalue weighted by molar-refractivity contribution is 6.00. The predicted molar refractivity (Wildman–Crippen MR) is 101 cm³/mol. The highest BCUT2D eigenvalue weighted by Gasteiger charge is 2.53. The van der Waals surface area contributed by atoms with Crippen LogP contribution < -0.4 is 4.74 Å². The van der Waals surface area contributed by atoms with Gasteiger partial charge in [-0.3, -0.25) is 14.7 Å². The van der Waals surface area contributed by atoms with Crippen molar-refractivity contribution in [2.75, 3.05) is 7.11 Å². The Morgan fingerprint density at radius 1 is 1.07 bits per heavy atom. The summed E-state index contributed by atoms with van der Waals surface area (Å²) in [5.41, 5.74) is 0.599. The molecule has 2 aromatic carbocycles. The Labute approximate surface area is 157 Å². The molecule has 2 heterocycles. The Kier molecular flexibility index (Phi) is 4.16. The summed E-state index contributed by atoms with van der Waals surface area (Å²) in [7, 11) is 1.60. The summed E-state index contributed by atoms with van der Waals surface area (Å²) < 4.78 is 5.31. The summed E-state index contributed by atoms with van der Waals surface area (Å²) in [5.74, 6) is 0.449. The minimum Gasteiger partial charge on any atom is -0.497 e. The number of hydrogen-bond donors (Lipinski definition) is 1. The molecular weight excluding hydrogens is 340 g/mol. The van der Waals surface area contributed by atoms with E-state index in [1.807, 2.05) is 61.5 Å². The maximum Gasteiger partial charge on any atom is 0.259 e. The molecule has 1 aromatic heterocycles. The molecule has 5 nitrogen and oxygen atoms in total. The minimum absolute atomic E-state index is 0.250. The number of carbonyl (C=O) groups is 1. The third-order valence-electron chi connectivity index (χ3n) is 5.08. The van der Waals surface area contributed by atoms with Crippen LogP contribution in [0.4, 0.5) is 0 Å². The first-order chi connectivity index (χ1) is 13.1. The average molecular weight is 360 g/mol. The first-order valence-corrected chi connectivity index (χ1v) is 8.78. The Hall–Kier alpha value is -3.18. The number of benzene rings is 2. The predicted octanol–water partition coefficient (Wildman–Crippen LogP) is 3.50. The number of fused-ring (bicyclic) bond motifs is 1. The third-order valence-corrected chi connectivity index (χ3v) is 5.08. The number of hydrogen-bond acceptors (Lipinski definition) is 4. The van der Waals surface area contributed by atoms with Crippen molar-refractivity contribution in [3.05, 3.63) is 95.3 Å². The summed E-state index contributed by atoms with van der Waals surface area (Å²) in [6, 6.07) is 19.7. The number of aromatic nitrogens is 1. The van der Waals surface area contributed by atoms with Crippen LogP contribution in [-0.4, -0.2) is 28.0 Å². The van der Waals surface area contributed by atoms with Crippen LogP contribution >= 0.6 is 0 Å². The average Bonchev–Trinajstić information content (AvgIpc) is 2.96. The molecule has 27 heavy (non-hydrogen) atoms. The number of nitrogens with zero attached hydrogens (tertiary/aromatic N) is 2. The summed E-state index contributed by atoms with van der Waals surface area (Å²) in [6.45, 7) is 1.90. The molecule has 0 spiro atoms. The van der Waals surface area contributed by atoms with Gasteiger partial charge in [0.25, 0.3) is 5.91 Å².